The van der Waals surface area contributed by atoms with Gasteiger partial charge >= 0.3 is 0 Å². The molecule has 1 heterocycles. The maximum Gasteiger partial charge on any atom is 0.281 e. The first-order valence-corrected chi connectivity index (χ1v) is 7.69. The molecule has 1 fully saturated rings. The zero-order valence-corrected chi connectivity index (χ0v) is 11.9. The molecule has 0 unspecified atom stereocenters. The van der Waals surface area contributed by atoms with Gasteiger partial charge in [-0.25, -0.2) is 0 Å². The second kappa shape index (κ2) is 6.13. The number of piperidine rings is 1. The van der Waals surface area contributed by atoms with Crippen molar-refractivity contribution in [2.24, 2.45) is 17.6 Å². The molecule has 1 aliphatic heterocycles. The van der Waals surface area contributed by atoms with E-state index in [0.717, 1.165) is 12.8 Å². The number of rotatable bonds is 5. The molecule has 0 aliphatic carbocycles. The molecular formula is C11H25N3O2S. The Morgan fingerprint density at radius 2 is 1.88 bits per heavy atom. The largest absolute Gasteiger partial charge is 0.330 e. The van der Waals surface area contributed by atoms with Gasteiger partial charge in [-0.15, -0.1) is 0 Å². The molecule has 0 amide bonds. The first-order chi connectivity index (χ1) is 7.87. The monoisotopic (exact) mass is 263 g/mol. The van der Waals surface area contributed by atoms with Crippen LogP contribution >= 0.6 is 0 Å². The number of hydrogen-bond acceptors (Lipinski definition) is 3. The summed E-state index contributed by atoms with van der Waals surface area (Å²) in [4.78, 5) is 0. The molecule has 0 aromatic heterocycles. The van der Waals surface area contributed by atoms with Gasteiger partial charge in [-0.1, -0.05) is 13.8 Å². The standard InChI is InChI=1S/C11H25N3O2S/c1-10(2)9-13(3)17(15,16)14-6-4-11(8-12)5-7-14/h10-11H,4-9,12H2,1-3H3. The summed E-state index contributed by atoms with van der Waals surface area (Å²) in [6.07, 6.45) is 1.76. The average Bonchev–Trinajstić information content (AvgIpc) is 2.28. The zero-order valence-electron chi connectivity index (χ0n) is 11.1. The lowest BCUT2D eigenvalue weighted by Gasteiger charge is -2.33. The van der Waals surface area contributed by atoms with Crippen molar-refractivity contribution < 1.29 is 8.42 Å². The predicted molar refractivity (Wildman–Crippen MR) is 69.7 cm³/mol. The summed E-state index contributed by atoms with van der Waals surface area (Å²) >= 11 is 0. The predicted octanol–water partition coefficient (Wildman–Crippen LogP) is 0.490. The van der Waals surface area contributed by atoms with E-state index in [1.807, 2.05) is 13.8 Å². The number of hydrogen-bond donors (Lipinski definition) is 1. The molecule has 0 bridgehead atoms. The lowest BCUT2D eigenvalue weighted by atomic mass is 9.99. The minimum absolute atomic E-state index is 0.344. The number of nitrogens with zero attached hydrogens (tertiary/aromatic N) is 2. The van der Waals surface area contributed by atoms with Crippen LogP contribution in [0.5, 0.6) is 0 Å². The molecule has 0 aromatic carbocycles. The molecule has 1 aliphatic rings. The van der Waals surface area contributed by atoms with Crippen molar-refractivity contribution in [2.45, 2.75) is 26.7 Å². The smallest absolute Gasteiger partial charge is 0.281 e. The fourth-order valence-electron chi connectivity index (χ4n) is 2.18. The Bertz CT molecular complexity index is 322. The highest BCUT2D eigenvalue weighted by molar-refractivity contribution is 7.86. The molecule has 1 saturated heterocycles. The van der Waals surface area contributed by atoms with E-state index < -0.39 is 10.2 Å². The second-order valence-electron chi connectivity index (χ2n) is 5.26. The van der Waals surface area contributed by atoms with Crippen molar-refractivity contribution in [3.05, 3.63) is 0 Å². The molecule has 0 atom stereocenters. The molecule has 1 rings (SSSR count). The Kier molecular flexibility index (Phi) is 5.37. The molecule has 0 aromatic rings. The van der Waals surface area contributed by atoms with Gasteiger partial charge in [0.25, 0.3) is 10.2 Å². The fourth-order valence-corrected chi connectivity index (χ4v) is 3.73. The van der Waals surface area contributed by atoms with E-state index in [-0.39, 0.29) is 0 Å². The Labute approximate surface area is 105 Å². The zero-order chi connectivity index (χ0) is 13.1. The van der Waals surface area contributed by atoms with Crippen LogP contribution < -0.4 is 5.73 Å². The molecule has 102 valence electrons. The van der Waals surface area contributed by atoms with Crippen molar-refractivity contribution in [1.82, 2.24) is 8.61 Å². The molecule has 5 nitrogen and oxygen atoms in total. The van der Waals surface area contributed by atoms with Crippen LogP contribution in [-0.4, -0.2) is 50.3 Å². The van der Waals surface area contributed by atoms with E-state index in [1.165, 1.54) is 4.31 Å². The highest BCUT2D eigenvalue weighted by Crippen LogP contribution is 2.20. The molecule has 6 heteroatoms. The Balaban J connectivity index is 2.59. The van der Waals surface area contributed by atoms with Gasteiger partial charge < -0.3 is 5.73 Å². The minimum atomic E-state index is -3.26. The van der Waals surface area contributed by atoms with Crippen molar-refractivity contribution in [3.63, 3.8) is 0 Å². The molecule has 0 radical (unpaired) electrons. The third-order valence-electron chi connectivity index (χ3n) is 3.25. The van der Waals surface area contributed by atoms with Crippen molar-refractivity contribution in [2.75, 3.05) is 33.2 Å². The summed E-state index contributed by atoms with van der Waals surface area (Å²) in [6, 6.07) is 0. The summed E-state index contributed by atoms with van der Waals surface area (Å²) < 4.78 is 27.5. The third kappa shape index (κ3) is 3.91. The van der Waals surface area contributed by atoms with Gasteiger partial charge in [-0.05, 0) is 31.2 Å². The Morgan fingerprint density at radius 3 is 2.29 bits per heavy atom. The van der Waals surface area contributed by atoms with Crippen LogP contribution in [0.25, 0.3) is 0 Å². The first kappa shape index (κ1) is 14.9. The van der Waals surface area contributed by atoms with E-state index in [1.54, 1.807) is 11.4 Å². The van der Waals surface area contributed by atoms with Crippen LogP contribution in [0.4, 0.5) is 0 Å². The van der Waals surface area contributed by atoms with Gasteiger partial charge in [0.05, 0.1) is 0 Å². The van der Waals surface area contributed by atoms with E-state index >= 15 is 0 Å². The van der Waals surface area contributed by atoms with Gasteiger partial charge in [0.2, 0.25) is 0 Å². The van der Waals surface area contributed by atoms with Crippen molar-refractivity contribution in [1.29, 1.82) is 0 Å². The molecule has 2 N–H and O–H groups in total. The fraction of sp³-hybridized carbons (Fsp3) is 1.00. The maximum absolute atomic E-state index is 12.2. The Morgan fingerprint density at radius 1 is 1.35 bits per heavy atom. The second-order valence-corrected chi connectivity index (χ2v) is 7.30. The third-order valence-corrected chi connectivity index (χ3v) is 5.20. The van der Waals surface area contributed by atoms with Gasteiger partial charge in [0.15, 0.2) is 0 Å². The van der Waals surface area contributed by atoms with Crippen LogP contribution in [0.1, 0.15) is 26.7 Å². The van der Waals surface area contributed by atoms with Crippen LogP contribution in [-0.2, 0) is 10.2 Å². The van der Waals surface area contributed by atoms with E-state index in [2.05, 4.69) is 0 Å². The summed E-state index contributed by atoms with van der Waals surface area (Å²) in [5, 5.41) is 0. The average molecular weight is 263 g/mol. The van der Waals surface area contributed by atoms with Crippen LogP contribution in [0.3, 0.4) is 0 Å². The highest BCUT2D eigenvalue weighted by atomic mass is 32.2. The molecular weight excluding hydrogens is 238 g/mol. The minimum Gasteiger partial charge on any atom is -0.330 e. The van der Waals surface area contributed by atoms with Gasteiger partial charge in [0.1, 0.15) is 0 Å². The molecule has 17 heavy (non-hydrogen) atoms. The van der Waals surface area contributed by atoms with Gasteiger partial charge in [-0.3, -0.25) is 0 Å². The van der Waals surface area contributed by atoms with Gasteiger partial charge in [-0.2, -0.15) is 17.0 Å². The van der Waals surface area contributed by atoms with E-state index in [9.17, 15) is 8.42 Å². The lowest BCUT2D eigenvalue weighted by molar-refractivity contribution is 0.259. The van der Waals surface area contributed by atoms with Crippen LogP contribution in [0.15, 0.2) is 0 Å². The van der Waals surface area contributed by atoms with Crippen molar-refractivity contribution >= 4 is 10.2 Å². The molecule has 0 saturated carbocycles. The summed E-state index contributed by atoms with van der Waals surface area (Å²) in [5.74, 6) is 0.827. The van der Waals surface area contributed by atoms with E-state index in [4.69, 9.17) is 5.73 Å². The topological polar surface area (TPSA) is 66.6 Å². The van der Waals surface area contributed by atoms with Crippen LogP contribution in [0, 0.1) is 11.8 Å². The van der Waals surface area contributed by atoms with E-state index in [0.29, 0.717) is 38.0 Å². The normalized spacial score (nSPS) is 20.4. The summed E-state index contributed by atoms with van der Waals surface area (Å²) in [6.45, 7) is 6.48. The summed E-state index contributed by atoms with van der Waals surface area (Å²) in [7, 11) is -1.61. The van der Waals surface area contributed by atoms with Crippen molar-refractivity contribution in [3.8, 4) is 0 Å². The highest BCUT2D eigenvalue weighted by Gasteiger charge is 2.30. The maximum atomic E-state index is 12.2. The SMILES string of the molecule is CC(C)CN(C)S(=O)(=O)N1CCC(CN)CC1. The summed E-state index contributed by atoms with van der Waals surface area (Å²) in [5.41, 5.74) is 5.61. The lowest BCUT2D eigenvalue weighted by Crippen LogP contribution is -2.47. The quantitative estimate of drug-likeness (QED) is 0.785. The molecule has 0 spiro atoms. The Hall–Kier alpha value is -0.170. The first-order valence-electron chi connectivity index (χ1n) is 6.29. The number of nitrogens with two attached hydrogens (primary N) is 1. The van der Waals surface area contributed by atoms with Crippen LogP contribution in [0.2, 0.25) is 0 Å². The van der Waals surface area contributed by atoms with Gasteiger partial charge in [0, 0.05) is 26.7 Å².